The summed E-state index contributed by atoms with van der Waals surface area (Å²) in [6.07, 6.45) is 6.09. The predicted molar refractivity (Wildman–Crippen MR) is 92.8 cm³/mol. The summed E-state index contributed by atoms with van der Waals surface area (Å²) in [5.41, 5.74) is 6.04. The van der Waals surface area contributed by atoms with E-state index in [1.54, 1.807) is 0 Å². The van der Waals surface area contributed by atoms with Gasteiger partial charge in [-0.15, -0.1) is 12.4 Å². The zero-order valence-electron chi connectivity index (χ0n) is 12.5. The maximum atomic E-state index is 4.53. The molecular weight excluding hydrogens is 280 g/mol. The molecule has 0 aliphatic rings. The summed E-state index contributed by atoms with van der Waals surface area (Å²) in [4.78, 5) is 4.53. The average molecular weight is 299 g/mol. The van der Waals surface area contributed by atoms with Crippen molar-refractivity contribution in [3.8, 4) is 0 Å². The maximum Gasteiger partial charge on any atom is 0.0872 e. The van der Waals surface area contributed by atoms with Gasteiger partial charge in [-0.25, -0.2) is 0 Å². The third-order valence-electron chi connectivity index (χ3n) is 3.97. The molecule has 108 valence electrons. The Morgan fingerprint density at radius 2 is 1.71 bits per heavy atom. The van der Waals surface area contributed by atoms with Crippen molar-refractivity contribution in [1.29, 1.82) is 0 Å². The molecular formula is C18H19ClN2. The van der Waals surface area contributed by atoms with Gasteiger partial charge in [0.2, 0.25) is 0 Å². The molecule has 3 aromatic rings. The lowest BCUT2D eigenvalue weighted by atomic mass is 10.1. The lowest BCUT2D eigenvalue weighted by Crippen LogP contribution is -1.93. The first-order chi connectivity index (χ1) is 9.68. The molecule has 2 heterocycles. The minimum atomic E-state index is 0. The van der Waals surface area contributed by atoms with Crippen LogP contribution in [0.25, 0.3) is 23.1 Å². The number of hydrogen-bond donors (Lipinski definition) is 0. The predicted octanol–water partition coefficient (Wildman–Crippen LogP) is 4.78. The van der Waals surface area contributed by atoms with Gasteiger partial charge in [0, 0.05) is 24.3 Å². The zero-order valence-corrected chi connectivity index (χ0v) is 13.3. The molecule has 0 unspecified atom stereocenters. The van der Waals surface area contributed by atoms with Gasteiger partial charge in [0.1, 0.15) is 0 Å². The first kappa shape index (κ1) is 15.3. The lowest BCUT2D eigenvalue weighted by molar-refractivity contribution is 0.906. The highest BCUT2D eigenvalue weighted by atomic mass is 35.5. The average Bonchev–Trinajstić information content (AvgIpc) is 2.72. The normalized spacial score (nSPS) is 11.0. The highest BCUT2D eigenvalue weighted by Crippen LogP contribution is 2.26. The van der Waals surface area contributed by atoms with E-state index < -0.39 is 0 Å². The molecule has 0 aliphatic heterocycles. The zero-order chi connectivity index (χ0) is 14.1. The van der Waals surface area contributed by atoms with Gasteiger partial charge in [0.15, 0.2) is 0 Å². The number of nitrogens with zero attached hydrogens (tertiary/aromatic N) is 2. The number of fused-ring (bicyclic) bond motifs is 1. The summed E-state index contributed by atoms with van der Waals surface area (Å²) in [6, 6.07) is 12.4. The van der Waals surface area contributed by atoms with Gasteiger partial charge in [-0.05, 0) is 37.1 Å². The first-order valence-electron chi connectivity index (χ1n) is 6.82. The van der Waals surface area contributed by atoms with E-state index >= 15 is 0 Å². The van der Waals surface area contributed by atoms with Crippen molar-refractivity contribution in [3.05, 3.63) is 65.1 Å². The minimum Gasteiger partial charge on any atom is -0.346 e. The molecule has 1 aromatic carbocycles. The molecule has 2 aromatic heterocycles. The van der Waals surface area contributed by atoms with Crippen LogP contribution in [-0.4, -0.2) is 9.55 Å². The molecule has 3 rings (SSSR count). The highest BCUT2D eigenvalue weighted by Gasteiger charge is 2.10. The summed E-state index contributed by atoms with van der Waals surface area (Å²) in [5, 5.41) is 1.28. The Morgan fingerprint density at radius 1 is 1.00 bits per heavy atom. The van der Waals surface area contributed by atoms with Crippen LogP contribution in [0.1, 0.15) is 22.5 Å². The first-order valence-corrected chi connectivity index (χ1v) is 6.82. The molecule has 0 amide bonds. The van der Waals surface area contributed by atoms with Crippen LogP contribution in [0.4, 0.5) is 0 Å². The number of aromatic nitrogens is 2. The Bertz CT molecular complexity index is 786. The number of halogens is 1. The summed E-state index contributed by atoms with van der Waals surface area (Å²) in [7, 11) is 2.10. The van der Waals surface area contributed by atoms with Gasteiger partial charge in [0.25, 0.3) is 0 Å². The van der Waals surface area contributed by atoms with Gasteiger partial charge in [0.05, 0.1) is 11.2 Å². The van der Waals surface area contributed by atoms with Crippen molar-refractivity contribution in [2.24, 2.45) is 7.05 Å². The Morgan fingerprint density at radius 3 is 2.43 bits per heavy atom. The van der Waals surface area contributed by atoms with E-state index in [1.165, 1.54) is 27.7 Å². The molecule has 0 bridgehead atoms. The second-order valence-electron chi connectivity index (χ2n) is 5.11. The molecule has 2 nitrogen and oxygen atoms in total. The van der Waals surface area contributed by atoms with E-state index in [0.717, 1.165) is 5.69 Å². The molecule has 0 saturated carbocycles. The molecule has 0 N–H and O–H groups in total. The van der Waals surface area contributed by atoms with E-state index in [0.29, 0.717) is 0 Å². The van der Waals surface area contributed by atoms with Crippen molar-refractivity contribution in [2.45, 2.75) is 13.8 Å². The van der Waals surface area contributed by atoms with E-state index in [9.17, 15) is 0 Å². The quantitative estimate of drug-likeness (QED) is 0.665. The van der Waals surface area contributed by atoms with Gasteiger partial charge in [-0.2, -0.15) is 0 Å². The highest BCUT2D eigenvalue weighted by molar-refractivity contribution is 5.92. The second-order valence-corrected chi connectivity index (χ2v) is 5.11. The summed E-state index contributed by atoms with van der Waals surface area (Å²) < 4.78 is 2.22. The smallest absolute Gasteiger partial charge is 0.0872 e. The van der Waals surface area contributed by atoms with Gasteiger partial charge >= 0.3 is 0 Å². The number of hydrogen-bond acceptors (Lipinski definition) is 1. The van der Waals surface area contributed by atoms with Crippen molar-refractivity contribution >= 4 is 35.5 Å². The van der Waals surface area contributed by atoms with E-state index in [1.807, 2.05) is 24.4 Å². The fourth-order valence-corrected chi connectivity index (χ4v) is 2.60. The molecule has 0 radical (unpaired) electrons. The van der Waals surface area contributed by atoms with Crippen LogP contribution < -0.4 is 0 Å². The Balaban J connectivity index is 0.00000161. The lowest BCUT2D eigenvalue weighted by Gasteiger charge is -2.02. The second kappa shape index (κ2) is 6.15. The third kappa shape index (κ3) is 2.72. The topological polar surface area (TPSA) is 17.8 Å². The van der Waals surface area contributed by atoms with E-state index in [2.05, 4.69) is 60.8 Å². The van der Waals surface area contributed by atoms with Crippen LogP contribution in [0.5, 0.6) is 0 Å². The summed E-state index contributed by atoms with van der Waals surface area (Å²) in [5.74, 6) is 0. The number of rotatable bonds is 2. The monoisotopic (exact) mass is 298 g/mol. The number of benzene rings is 1. The molecule has 3 heteroatoms. The Hall–Kier alpha value is -2.06. The van der Waals surface area contributed by atoms with Crippen LogP contribution in [-0.2, 0) is 7.05 Å². The van der Waals surface area contributed by atoms with Crippen LogP contribution in [0.3, 0.4) is 0 Å². The van der Waals surface area contributed by atoms with Gasteiger partial charge in [-0.1, -0.05) is 36.4 Å². The van der Waals surface area contributed by atoms with E-state index in [-0.39, 0.29) is 12.4 Å². The van der Waals surface area contributed by atoms with Crippen LogP contribution in [0.15, 0.2) is 42.6 Å². The summed E-state index contributed by atoms with van der Waals surface area (Å²) in [6.45, 7) is 4.32. The SMILES string of the molecule is Cc1c(C)n(C)c2c(/C=C/c3ccccc3)nccc12.Cl. The fraction of sp³-hybridized carbons (Fsp3) is 0.167. The van der Waals surface area contributed by atoms with Gasteiger partial charge < -0.3 is 4.57 Å². The van der Waals surface area contributed by atoms with Crippen molar-refractivity contribution < 1.29 is 0 Å². The van der Waals surface area contributed by atoms with Crippen molar-refractivity contribution in [2.75, 3.05) is 0 Å². The largest absolute Gasteiger partial charge is 0.346 e. The van der Waals surface area contributed by atoms with Crippen LogP contribution in [0.2, 0.25) is 0 Å². The molecule has 0 spiro atoms. The van der Waals surface area contributed by atoms with Crippen molar-refractivity contribution in [3.63, 3.8) is 0 Å². The maximum absolute atomic E-state index is 4.53. The van der Waals surface area contributed by atoms with E-state index in [4.69, 9.17) is 0 Å². The molecule has 0 fully saturated rings. The third-order valence-corrected chi connectivity index (χ3v) is 3.97. The molecule has 0 aliphatic carbocycles. The summed E-state index contributed by atoms with van der Waals surface area (Å²) >= 11 is 0. The van der Waals surface area contributed by atoms with Crippen LogP contribution >= 0.6 is 12.4 Å². The number of aryl methyl sites for hydroxylation is 2. The fourth-order valence-electron chi connectivity index (χ4n) is 2.60. The molecule has 0 atom stereocenters. The Labute approximate surface area is 131 Å². The standard InChI is InChI=1S/C18H18N2.ClH/c1-13-14(2)20(3)18-16(13)11-12-19-17(18)10-9-15-7-5-4-6-8-15;/h4-12H,1-3H3;1H/b10-9+;. The molecule has 21 heavy (non-hydrogen) atoms. The van der Waals surface area contributed by atoms with Crippen LogP contribution in [0, 0.1) is 13.8 Å². The molecule has 0 saturated heterocycles. The van der Waals surface area contributed by atoms with Crippen molar-refractivity contribution in [1.82, 2.24) is 9.55 Å². The van der Waals surface area contributed by atoms with Gasteiger partial charge in [-0.3, -0.25) is 4.98 Å². The Kier molecular flexibility index (Phi) is 4.49. The minimum absolute atomic E-state index is 0. The number of pyridine rings is 1.